The van der Waals surface area contributed by atoms with Gasteiger partial charge in [-0.2, -0.15) is 0 Å². The summed E-state index contributed by atoms with van der Waals surface area (Å²) in [5, 5.41) is 3.46. The first-order chi connectivity index (χ1) is 8.69. The molecule has 1 aliphatic rings. The Hall–Kier alpha value is -0.490. The number of nitrogens with one attached hydrogen (secondary N) is 1. The fourth-order valence-electron chi connectivity index (χ4n) is 2.57. The van der Waals surface area contributed by atoms with Gasteiger partial charge in [0.1, 0.15) is 0 Å². The number of thiazole rings is 1. The third-order valence-corrected chi connectivity index (χ3v) is 4.68. The summed E-state index contributed by atoms with van der Waals surface area (Å²) in [5.41, 5.74) is 1.92. The number of rotatable bonds is 5. The summed E-state index contributed by atoms with van der Waals surface area (Å²) in [4.78, 5) is 10.5. The molecule has 0 aromatic carbocycles. The van der Waals surface area contributed by atoms with Crippen LogP contribution >= 0.6 is 11.3 Å². The highest BCUT2D eigenvalue weighted by atomic mass is 32.1. The van der Waals surface area contributed by atoms with Gasteiger partial charge in [-0.3, -0.25) is 4.98 Å². The van der Waals surface area contributed by atoms with Crippen LogP contribution in [0.4, 0.5) is 0 Å². The van der Waals surface area contributed by atoms with E-state index in [-0.39, 0.29) is 0 Å². The summed E-state index contributed by atoms with van der Waals surface area (Å²) in [6.45, 7) is 3.54. The van der Waals surface area contributed by atoms with E-state index in [4.69, 9.17) is 0 Å². The lowest BCUT2D eigenvalue weighted by Crippen LogP contribution is -2.52. The van der Waals surface area contributed by atoms with E-state index in [2.05, 4.69) is 41.2 Å². The maximum absolute atomic E-state index is 4.16. The third-order valence-electron chi connectivity index (χ3n) is 3.88. The van der Waals surface area contributed by atoms with Gasteiger partial charge in [-0.05, 0) is 34.0 Å². The molecule has 0 saturated carbocycles. The number of piperazine rings is 1. The zero-order chi connectivity index (χ0) is 13.0. The van der Waals surface area contributed by atoms with Crippen LogP contribution in [0.25, 0.3) is 0 Å². The van der Waals surface area contributed by atoms with Gasteiger partial charge >= 0.3 is 0 Å². The van der Waals surface area contributed by atoms with Gasteiger partial charge in [-0.25, -0.2) is 0 Å². The highest BCUT2D eigenvalue weighted by Gasteiger charge is 2.24. The minimum Gasteiger partial charge on any atom is -0.317 e. The van der Waals surface area contributed by atoms with Gasteiger partial charge in [-0.15, -0.1) is 11.3 Å². The molecule has 5 heteroatoms. The molecule has 1 aliphatic heterocycles. The van der Waals surface area contributed by atoms with Crippen molar-refractivity contribution in [3.8, 4) is 0 Å². The third kappa shape index (κ3) is 3.75. The van der Waals surface area contributed by atoms with Crippen LogP contribution in [0.5, 0.6) is 0 Å². The van der Waals surface area contributed by atoms with Gasteiger partial charge in [0.2, 0.25) is 0 Å². The fraction of sp³-hybridized carbons (Fsp3) is 0.769. The van der Waals surface area contributed by atoms with Crippen LogP contribution in [0, 0.1) is 0 Å². The molecule has 1 saturated heterocycles. The second-order valence-electron chi connectivity index (χ2n) is 5.29. The smallest absolute Gasteiger partial charge is 0.0794 e. The first-order valence-electron chi connectivity index (χ1n) is 6.62. The molecule has 4 nitrogen and oxygen atoms in total. The maximum atomic E-state index is 4.16. The van der Waals surface area contributed by atoms with E-state index in [9.17, 15) is 0 Å². The Morgan fingerprint density at radius 1 is 1.50 bits per heavy atom. The molecular weight excluding hydrogens is 244 g/mol. The van der Waals surface area contributed by atoms with Crippen molar-refractivity contribution in [3.05, 3.63) is 16.6 Å². The Kier molecular flexibility index (Phi) is 5.12. The number of aromatic nitrogens is 1. The summed E-state index contributed by atoms with van der Waals surface area (Å²) in [7, 11) is 6.53. The Balaban J connectivity index is 1.88. The molecular formula is C13H24N4S. The maximum Gasteiger partial charge on any atom is 0.0794 e. The van der Waals surface area contributed by atoms with E-state index < -0.39 is 0 Å². The van der Waals surface area contributed by atoms with E-state index in [1.807, 2.05) is 11.7 Å². The van der Waals surface area contributed by atoms with Crippen molar-refractivity contribution in [3.63, 3.8) is 0 Å². The van der Waals surface area contributed by atoms with Crippen molar-refractivity contribution >= 4 is 11.3 Å². The summed E-state index contributed by atoms with van der Waals surface area (Å²) >= 11 is 1.75. The van der Waals surface area contributed by atoms with Gasteiger partial charge in [0, 0.05) is 42.8 Å². The molecule has 0 aliphatic carbocycles. The molecule has 2 unspecified atom stereocenters. The SMILES string of the molecule is CNC(Cc1cncs1)CC1CN(C)CCN1C. The number of nitrogens with zero attached hydrogens (tertiary/aromatic N) is 3. The predicted molar refractivity (Wildman–Crippen MR) is 77.2 cm³/mol. The minimum atomic E-state index is 0.546. The van der Waals surface area contributed by atoms with Crippen molar-refractivity contribution in [2.24, 2.45) is 0 Å². The average molecular weight is 268 g/mol. The molecule has 2 heterocycles. The lowest BCUT2D eigenvalue weighted by Gasteiger charge is -2.39. The van der Waals surface area contributed by atoms with Crippen LogP contribution in [0.15, 0.2) is 11.7 Å². The van der Waals surface area contributed by atoms with Gasteiger partial charge in [0.05, 0.1) is 5.51 Å². The molecule has 2 rings (SSSR count). The number of hydrogen-bond acceptors (Lipinski definition) is 5. The van der Waals surface area contributed by atoms with E-state index in [0.29, 0.717) is 12.1 Å². The lowest BCUT2D eigenvalue weighted by atomic mass is 10.0. The van der Waals surface area contributed by atoms with Crippen molar-refractivity contribution in [2.45, 2.75) is 24.9 Å². The van der Waals surface area contributed by atoms with Gasteiger partial charge in [0.25, 0.3) is 0 Å². The van der Waals surface area contributed by atoms with Crippen LogP contribution in [0.2, 0.25) is 0 Å². The molecule has 2 atom stereocenters. The topological polar surface area (TPSA) is 31.4 Å². The largest absolute Gasteiger partial charge is 0.317 e. The van der Waals surface area contributed by atoms with E-state index in [0.717, 1.165) is 6.42 Å². The first-order valence-corrected chi connectivity index (χ1v) is 7.50. The molecule has 102 valence electrons. The van der Waals surface area contributed by atoms with E-state index in [1.165, 1.54) is 30.9 Å². The van der Waals surface area contributed by atoms with Crippen molar-refractivity contribution in [2.75, 3.05) is 40.8 Å². The van der Waals surface area contributed by atoms with E-state index >= 15 is 0 Å². The Morgan fingerprint density at radius 2 is 2.33 bits per heavy atom. The second-order valence-corrected chi connectivity index (χ2v) is 6.26. The average Bonchev–Trinajstić information content (AvgIpc) is 2.85. The molecule has 18 heavy (non-hydrogen) atoms. The van der Waals surface area contributed by atoms with Gasteiger partial charge in [-0.1, -0.05) is 0 Å². The highest BCUT2D eigenvalue weighted by Crippen LogP contribution is 2.16. The summed E-state index contributed by atoms with van der Waals surface area (Å²) in [6, 6.07) is 1.21. The molecule has 0 spiro atoms. The highest BCUT2D eigenvalue weighted by molar-refractivity contribution is 7.09. The zero-order valence-corrected chi connectivity index (χ0v) is 12.4. The molecule has 1 N–H and O–H groups in total. The molecule has 1 aromatic heterocycles. The van der Waals surface area contributed by atoms with Crippen LogP contribution < -0.4 is 5.32 Å². The Morgan fingerprint density at radius 3 is 3.00 bits per heavy atom. The Labute approximate surface area is 114 Å². The van der Waals surface area contributed by atoms with Crippen molar-refractivity contribution in [1.29, 1.82) is 0 Å². The zero-order valence-electron chi connectivity index (χ0n) is 11.6. The quantitative estimate of drug-likeness (QED) is 0.860. The van der Waals surface area contributed by atoms with Crippen molar-refractivity contribution < 1.29 is 0 Å². The standard InChI is InChI=1S/C13H24N4S/c1-14-11(7-13-8-15-10-18-13)6-12-9-16(2)4-5-17(12)3/h8,10-12,14H,4-7,9H2,1-3H3. The Bertz CT molecular complexity index is 341. The predicted octanol–water partition coefficient (Wildman–Crippen LogP) is 0.909. The summed E-state index contributed by atoms with van der Waals surface area (Å²) in [5.74, 6) is 0. The van der Waals surface area contributed by atoms with Crippen molar-refractivity contribution in [1.82, 2.24) is 20.1 Å². The lowest BCUT2D eigenvalue weighted by molar-refractivity contribution is 0.102. The number of hydrogen-bond donors (Lipinski definition) is 1. The molecule has 1 fully saturated rings. The van der Waals surface area contributed by atoms with Gasteiger partial charge in [0.15, 0.2) is 0 Å². The monoisotopic (exact) mass is 268 g/mol. The first kappa shape index (κ1) is 13.9. The van der Waals surface area contributed by atoms with Crippen LogP contribution in [-0.4, -0.2) is 67.6 Å². The summed E-state index contributed by atoms with van der Waals surface area (Å²) < 4.78 is 0. The summed E-state index contributed by atoms with van der Waals surface area (Å²) in [6.07, 6.45) is 4.29. The molecule has 0 amide bonds. The number of likely N-dealkylation sites (N-methyl/N-ethyl adjacent to an activating group) is 3. The molecule has 1 aromatic rings. The van der Waals surface area contributed by atoms with E-state index in [1.54, 1.807) is 11.3 Å². The fourth-order valence-corrected chi connectivity index (χ4v) is 3.25. The van der Waals surface area contributed by atoms with Crippen LogP contribution in [0.1, 0.15) is 11.3 Å². The normalized spacial score (nSPS) is 24.3. The molecule has 0 bridgehead atoms. The van der Waals surface area contributed by atoms with Crippen LogP contribution in [-0.2, 0) is 6.42 Å². The van der Waals surface area contributed by atoms with Crippen LogP contribution in [0.3, 0.4) is 0 Å². The minimum absolute atomic E-state index is 0.546. The second kappa shape index (κ2) is 6.61. The molecule has 0 radical (unpaired) electrons. The van der Waals surface area contributed by atoms with Gasteiger partial charge < -0.3 is 15.1 Å².